The monoisotopic (exact) mass is 376 g/mol. The average Bonchev–Trinajstić information content (AvgIpc) is 2.64. The fraction of sp³-hybridized carbons (Fsp3) is 0.263. The Morgan fingerprint density at radius 1 is 1.23 bits per heavy atom. The molecule has 6 nitrogen and oxygen atoms in total. The van der Waals surface area contributed by atoms with Gasteiger partial charge in [0.1, 0.15) is 11.5 Å². The van der Waals surface area contributed by atoms with Crippen molar-refractivity contribution in [2.24, 2.45) is 0 Å². The van der Waals surface area contributed by atoms with Crippen LogP contribution in [-0.4, -0.2) is 29.9 Å². The van der Waals surface area contributed by atoms with E-state index in [9.17, 15) is 14.7 Å². The number of para-hydroxylation sites is 3. The molecule has 0 atom stereocenters. The number of phenolic OH excluding ortho intramolecular Hbond substituents is 1. The van der Waals surface area contributed by atoms with Crippen LogP contribution >= 0.6 is 11.6 Å². The Hall–Kier alpha value is -2.73. The van der Waals surface area contributed by atoms with Crippen LogP contribution in [0.4, 0.5) is 11.4 Å². The molecule has 1 aliphatic heterocycles. The van der Waals surface area contributed by atoms with E-state index in [0.29, 0.717) is 35.8 Å². The third-order valence-corrected chi connectivity index (χ3v) is 3.91. The first-order valence-electron chi connectivity index (χ1n) is 8.14. The summed E-state index contributed by atoms with van der Waals surface area (Å²) in [7, 11) is 1.56. The van der Waals surface area contributed by atoms with Gasteiger partial charge in [0.15, 0.2) is 0 Å². The van der Waals surface area contributed by atoms with Crippen molar-refractivity contribution < 1.29 is 19.4 Å². The number of amides is 2. The predicted molar refractivity (Wildman–Crippen MR) is 102 cm³/mol. The van der Waals surface area contributed by atoms with Gasteiger partial charge in [-0.2, -0.15) is 0 Å². The number of benzene rings is 2. The van der Waals surface area contributed by atoms with Gasteiger partial charge in [0.2, 0.25) is 11.8 Å². The van der Waals surface area contributed by atoms with E-state index in [2.05, 4.69) is 10.6 Å². The normalized spacial score (nSPS) is 12.2. The van der Waals surface area contributed by atoms with Gasteiger partial charge in [-0.05, 0) is 30.2 Å². The molecule has 7 heteroatoms. The minimum atomic E-state index is -0.107. The van der Waals surface area contributed by atoms with E-state index in [1.807, 2.05) is 18.2 Å². The number of aryl methyl sites for hydroxylation is 1. The van der Waals surface area contributed by atoms with Gasteiger partial charge in [-0.1, -0.05) is 24.3 Å². The summed E-state index contributed by atoms with van der Waals surface area (Å²) >= 11 is 5.44. The summed E-state index contributed by atoms with van der Waals surface area (Å²) in [6.07, 6.45) is 1.53. The molecule has 0 radical (unpaired) electrons. The summed E-state index contributed by atoms with van der Waals surface area (Å²) in [5.41, 5.74) is 2.26. The number of carbonyl (C=O) groups is 2. The minimum Gasteiger partial charge on any atom is -0.506 e. The summed E-state index contributed by atoms with van der Waals surface area (Å²) in [4.78, 5) is 22.2. The molecule has 2 aromatic rings. The molecule has 0 spiro atoms. The number of nitrogens with one attached hydrogen (secondary N) is 2. The van der Waals surface area contributed by atoms with Crippen LogP contribution in [0.3, 0.4) is 0 Å². The standard InChI is InChI=1S/C10H12ClNO2.C9H9NO2/c1-14-9-5-3-2-4-8(9)12-10(13)6-7-11;11-7-3-1-2-6-4-5-8(12)10-9(6)7/h2-5H,6-7H2,1H3,(H,12,13);1-3,11H,4-5H2,(H,10,12). The SMILES string of the molecule is COc1ccccc1NC(=O)CCCl.O=C1CCc2cccc(O)c2N1. The van der Waals surface area contributed by atoms with Crippen LogP contribution in [0.5, 0.6) is 11.5 Å². The summed E-state index contributed by atoms with van der Waals surface area (Å²) in [6.45, 7) is 0. The third kappa shape index (κ3) is 5.39. The number of aromatic hydroxyl groups is 1. The molecule has 3 N–H and O–H groups in total. The molecule has 1 heterocycles. The first-order valence-corrected chi connectivity index (χ1v) is 8.68. The maximum absolute atomic E-state index is 11.2. The predicted octanol–water partition coefficient (Wildman–Crippen LogP) is 3.54. The quantitative estimate of drug-likeness (QED) is 0.562. The van der Waals surface area contributed by atoms with Crippen molar-refractivity contribution in [3.8, 4) is 11.5 Å². The van der Waals surface area contributed by atoms with Crippen molar-refractivity contribution in [3.63, 3.8) is 0 Å². The topological polar surface area (TPSA) is 87.7 Å². The molecular weight excluding hydrogens is 356 g/mol. The number of ether oxygens (including phenoxy) is 1. The lowest BCUT2D eigenvalue weighted by Gasteiger charge is -2.16. The molecule has 0 fully saturated rings. The highest BCUT2D eigenvalue weighted by molar-refractivity contribution is 6.19. The van der Waals surface area contributed by atoms with Crippen molar-refractivity contribution in [3.05, 3.63) is 48.0 Å². The van der Waals surface area contributed by atoms with E-state index in [0.717, 1.165) is 12.0 Å². The highest BCUT2D eigenvalue weighted by atomic mass is 35.5. The minimum absolute atomic E-state index is 0.0241. The summed E-state index contributed by atoms with van der Waals surface area (Å²) in [6, 6.07) is 12.5. The van der Waals surface area contributed by atoms with E-state index < -0.39 is 0 Å². The molecule has 0 saturated carbocycles. The van der Waals surface area contributed by atoms with E-state index >= 15 is 0 Å². The number of hydrogen-bond donors (Lipinski definition) is 3. The molecule has 0 saturated heterocycles. The van der Waals surface area contributed by atoms with Crippen molar-refractivity contribution in [1.82, 2.24) is 0 Å². The van der Waals surface area contributed by atoms with E-state index in [-0.39, 0.29) is 17.6 Å². The lowest BCUT2D eigenvalue weighted by Crippen LogP contribution is -2.18. The van der Waals surface area contributed by atoms with Gasteiger partial charge >= 0.3 is 0 Å². The van der Waals surface area contributed by atoms with Crippen LogP contribution in [-0.2, 0) is 16.0 Å². The zero-order valence-corrected chi connectivity index (χ0v) is 15.2. The number of phenols is 1. The number of hydrogen-bond acceptors (Lipinski definition) is 4. The van der Waals surface area contributed by atoms with Crippen LogP contribution in [0.2, 0.25) is 0 Å². The molecule has 138 valence electrons. The zero-order chi connectivity index (χ0) is 18.9. The number of carbonyl (C=O) groups excluding carboxylic acids is 2. The maximum Gasteiger partial charge on any atom is 0.225 e. The Morgan fingerprint density at radius 2 is 2.00 bits per heavy atom. The fourth-order valence-corrected chi connectivity index (χ4v) is 2.61. The third-order valence-electron chi connectivity index (χ3n) is 3.72. The van der Waals surface area contributed by atoms with Crippen LogP contribution in [0.25, 0.3) is 0 Å². The van der Waals surface area contributed by atoms with Gasteiger partial charge in [0.25, 0.3) is 0 Å². The summed E-state index contributed by atoms with van der Waals surface area (Å²) in [5.74, 6) is 0.991. The Kier molecular flexibility index (Phi) is 7.29. The number of methoxy groups -OCH3 is 1. The van der Waals surface area contributed by atoms with Crippen molar-refractivity contribution >= 4 is 34.8 Å². The molecule has 0 aliphatic carbocycles. The highest BCUT2D eigenvalue weighted by Crippen LogP contribution is 2.30. The van der Waals surface area contributed by atoms with E-state index in [4.69, 9.17) is 16.3 Å². The van der Waals surface area contributed by atoms with Crippen molar-refractivity contribution in [2.45, 2.75) is 19.3 Å². The van der Waals surface area contributed by atoms with Crippen LogP contribution in [0, 0.1) is 0 Å². The number of alkyl halides is 1. The van der Waals surface area contributed by atoms with Crippen LogP contribution in [0.15, 0.2) is 42.5 Å². The van der Waals surface area contributed by atoms with E-state index in [1.165, 1.54) is 0 Å². The summed E-state index contributed by atoms with van der Waals surface area (Å²) in [5, 5.41) is 14.7. The zero-order valence-electron chi connectivity index (χ0n) is 14.4. The molecule has 1 aliphatic rings. The second kappa shape index (κ2) is 9.68. The first-order chi connectivity index (χ1) is 12.5. The molecule has 3 rings (SSSR count). The first kappa shape index (κ1) is 19.6. The molecule has 0 aromatic heterocycles. The number of anilines is 2. The van der Waals surface area contributed by atoms with E-state index in [1.54, 1.807) is 31.4 Å². The van der Waals surface area contributed by atoms with Crippen LogP contribution < -0.4 is 15.4 Å². The largest absolute Gasteiger partial charge is 0.506 e. The molecule has 0 unspecified atom stereocenters. The van der Waals surface area contributed by atoms with Gasteiger partial charge < -0.3 is 20.5 Å². The Labute approximate surface area is 157 Å². The Balaban J connectivity index is 0.000000189. The molecule has 2 amide bonds. The number of halogens is 1. The second-order valence-corrected chi connectivity index (χ2v) is 5.92. The Bertz CT molecular complexity index is 780. The number of rotatable bonds is 4. The highest BCUT2D eigenvalue weighted by Gasteiger charge is 2.16. The summed E-state index contributed by atoms with van der Waals surface area (Å²) < 4.78 is 5.08. The second-order valence-electron chi connectivity index (χ2n) is 5.55. The van der Waals surface area contributed by atoms with Gasteiger partial charge in [-0.15, -0.1) is 11.6 Å². The van der Waals surface area contributed by atoms with Gasteiger partial charge in [-0.3, -0.25) is 9.59 Å². The van der Waals surface area contributed by atoms with Gasteiger partial charge in [0, 0.05) is 18.7 Å². The molecule has 0 bridgehead atoms. The lowest BCUT2D eigenvalue weighted by atomic mass is 10.0. The smallest absolute Gasteiger partial charge is 0.225 e. The Morgan fingerprint density at radius 3 is 2.73 bits per heavy atom. The number of fused-ring (bicyclic) bond motifs is 1. The van der Waals surface area contributed by atoms with Crippen molar-refractivity contribution in [2.75, 3.05) is 23.6 Å². The maximum atomic E-state index is 11.2. The van der Waals surface area contributed by atoms with Gasteiger partial charge in [0.05, 0.1) is 18.5 Å². The molecule has 26 heavy (non-hydrogen) atoms. The molecule has 2 aromatic carbocycles. The van der Waals surface area contributed by atoms with Crippen LogP contribution in [0.1, 0.15) is 18.4 Å². The van der Waals surface area contributed by atoms with Gasteiger partial charge in [-0.25, -0.2) is 0 Å². The average molecular weight is 377 g/mol. The van der Waals surface area contributed by atoms with Crippen molar-refractivity contribution in [1.29, 1.82) is 0 Å². The fourth-order valence-electron chi connectivity index (χ4n) is 2.44. The molecular formula is C19H21ClN2O4. The lowest BCUT2D eigenvalue weighted by molar-refractivity contribution is -0.117.